The first kappa shape index (κ1) is 24.4. The molecule has 0 fully saturated rings. The molecule has 180 valence electrons. The molecule has 7 nitrogen and oxygen atoms in total. The van der Waals surface area contributed by atoms with Gasteiger partial charge in [0.1, 0.15) is 17.4 Å². The van der Waals surface area contributed by atoms with Gasteiger partial charge in [0.05, 0.1) is 4.90 Å². The monoisotopic (exact) mass is 491 g/mol. The van der Waals surface area contributed by atoms with Crippen LogP contribution in [0.1, 0.15) is 22.3 Å². The van der Waals surface area contributed by atoms with Gasteiger partial charge in [-0.2, -0.15) is 4.72 Å². The molecule has 0 saturated heterocycles. The van der Waals surface area contributed by atoms with E-state index in [2.05, 4.69) is 4.72 Å². The fourth-order valence-electron chi connectivity index (χ4n) is 3.79. The topological polar surface area (TPSA) is 103 Å². The number of fused-ring (bicyclic) bond motifs is 1. The summed E-state index contributed by atoms with van der Waals surface area (Å²) in [6.07, 6.45) is 0.0889. The van der Waals surface area contributed by atoms with Crippen LogP contribution in [0.3, 0.4) is 0 Å². The molecule has 0 saturated carbocycles. The largest absolute Gasteiger partial charge is 0.425 e. The molecule has 0 unspecified atom stereocenters. The maximum atomic E-state index is 13.3. The normalized spacial score (nSPS) is 12.4. The molecule has 4 aromatic rings. The third-order valence-electron chi connectivity index (χ3n) is 5.72. The van der Waals surface area contributed by atoms with Crippen molar-refractivity contribution in [2.75, 3.05) is 0 Å². The van der Waals surface area contributed by atoms with Crippen molar-refractivity contribution in [2.24, 2.45) is 0 Å². The van der Waals surface area contributed by atoms with Gasteiger partial charge in [-0.15, -0.1) is 0 Å². The number of rotatable bonds is 7. The van der Waals surface area contributed by atoms with E-state index in [4.69, 9.17) is 9.15 Å². The Hall–Kier alpha value is -3.75. The predicted octanol–water partition coefficient (Wildman–Crippen LogP) is 4.21. The quantitative estimate of drug-likeness (QED) is 0.236. The average molecular weight is 492 g/mol. The van der Waals surface area contributed by atoms with E-state index in [9.17, 15) is 18.0 Å². The van der Waals surface area contributed by atoms with Crippen molar-refractivity contribution in [3.8, 4) is 5.75 Å². The van der Waals surface area contributed by atoms with Crippen molar-refractivity contribution in [3.63, 3.8) is 0 Å². The van der Waals surface area contributed by atoms with Crippen LogP contribution >= 0.6 is 0 Å². The van der Waals surface area contributed by atoms with Crippen molar-refractivity contribution >= 4 is 27.0 Å². The summed E-state index contributed by atoms with van der Waals surface area (Å²) in [6.45, 7) is 5.32. The zero-order chi connectivity index (χ0) is 25.2. The number of sulfonamides is 1. The van der Waals surface area contributed by atoms with Gasteiger partial charge >= 0.3 is 11.6 Å². The number of carbonyl (C=O) groups excluding carboxylic acids is 1. The van der Waals surface area contributed by atoms with Crippen LogP contribution in [0, 0.1) is 20.8 Å². The second kappa shape index (κ2) is 9.85. The summed E-state index contributed by atoms with van der Waals surface area (Å²) >= 11 is 0. The van der Waals surface area contributed by atoms with Crippen molar-refractivity contribution in [1.29, 1.82) is 0 Å². The van der Waals surface area contributed by atoms with Crippen LogP contribution in [-0.4, -0.2) is 20.4 Å². The van der Waals surface area contributed by atoms with E-state index in [-0.39, 0.29) is 17.1 Å². The Morgan fingerprint density at radius 1 is 0.971 bits per heavy atom. The van der Waals surface area contributed by atoms with Crippen LogP contribution < -0.4 is 15.1 Å². The van der Waals surface area contributed by atoms with Crippen molar-refractivity contribution in [2.45, 2.75) is 38.1 Å². The van der Waals surface area contributed by atoms with Crippen LogP contribution in [0.25, 0.3) is 11.0 Å². The van der Waals surface area contributed by atoms with Crippen LogP contribution in [0.2, 0.25) is 0 Å². The van der Waals surface area contributed by atoms with E-state index >= 15 is 0 Å². The Labute approximate surface area is 203 Å². The molecule has 3 aromatic carbocycles. The van der Waals surface area contributed by atoms with E-state index in [0.717, 1.165) is 22.1 Å². The van der Waals surface area contributed by atoms with Gasteiger partial charge in [0.25, 0.3) is 0 Å². The summed E-state index contributed by atoms with van der Waals surface area (Å²) in [7, 11) is -4.00. The SMILES string of the molecule is Cc1ccc(S(=O)(=O)N[C@@H](Cc2ccccc2)C(=O)Oc2ccc3c(C)cc(=O)oc3c2C)cc1. The van der Waals surface area contributed by atoms with Gasteiger partial charge in [-0.1, -0.05) is 48.0 Å². The van der Waals surface area contributed by atoms with E-state index < -0.39 is 27.7 Å². The lowest BCUT2D eigenvalue weighted by atomic mass is 10.1. The second-order valence-electron chi connectivity index (χ2n) is 8.41. The van der Waals surface area contributed by atoms with E-state index in [1.165, 1.54) is 18.2 Å². The molecule has 8 heteroatoms. The molecule has 0 amide bonds. The summed E-state index contributed by atoms with van der Waals surface area (Å²) < 4.78 is 39.6. The molecular weight excluding hydrogens is 466 g/mol. The zero-order valence-corrected chi connectivity index (χ0v) is 20.4. The number of esters is 1. The third kappa shape index (κ3) is 5.50. The third-order valence-corrected chi connectivity index (χ3v) is 7.21. The molecule has 35 heavy (non-hydrogen) atoms. The standard InChI is InChI=1S/C27H25NO6S/c1-17-9-11-21(12-10-17)35(31,32)28-23(16-20-7-5-4-6-8-20)27(30)33-24-14-13-22-18(2)15-25(29)34-26(22)19(24)3/h4-15,23,28H,16H2,1-3H3/t23-/m0/s1. The van der Waals surface area contributed by atoms with Gasteiger partial charge in [0.2, 0.25) is 10.0 Å². The highest BCUT2D eigenvalue weighted by molar-refractivity contribution is 7.89. The maximum absolute atomic E-state index is 13.3. The van der Waals surface area contributed by atoms with E-state index in [1.54, 1.807) is 50.2 Å². The minimum Gasteiger partial charge on any atom is -0.425 e. The van der Waals surface area contributed by atoms with Gasteiger partial charge in [-0.3, -0.25) is 0 Å². The number of ether oxygens (including phenoxy) is 1. The molecular formula is C27H25NO6S. The molecule has 1 atom stereocenters. The summed E-state index contributed by atoms with van der Waals surface area (Å²) in [6, 6.07) is 18.9. The first-order valence-corrected chi connectivity index (χ1v) is 12.5. The first-order valence-electron chi connectivity index (χ1n) is 11.0. The number of hydrogen-bond acceptors (Lipinski definition) is 6. The molecule has 4 rings (SSSR count). The lowest BCUT2D eigenvalue weighted by molar-refractivity contribution is -0.136. The van der Waals surface area contributed by atoms with E-state index in [0.29, 0.717) is 11.1 Å². The summed E-state index contributed by atoms with van der Waals surface area (Å²) in [5.41, 5.74) is 2.70. The minimum absolute atomic E-state index is 0.0492. The van der Waals surface area contributed by atoms with Crippen molar-refractivity contribution in [1.82, 2.24) is 4.72 Å². The Morgan fingerprint density at radius 2 is 1.66 bits per heavy atom. The van der Waals surface area contributed by atoms with Gasteiger partial charge in [0.15, 0.2) is 0 Å². The lowest BCUT2D eigenvalue weighted by Crippen LogP contribution is -2.44. The number of nitrogens with one attached hydrogen (secondary N) is 1. The molecule has 0 aliphatic carbocycles. The Balaban J connectivity index is 1.67. The smallest absolute Gasteiger partial charge is 0.336 e. The van der Waals surface area contributed by atoms with Crippen molar-refractivity contribution in [3.05, 3.63) is 105 Å². The van der Waals surface area contributed by atoms with Gasteiger partial charge in [0, 0.05) is 17.0 Å². The molecule has 0 bridgehead atoms. The maximum Gasteiger partial charge on any atom is 0.336 e. The molecule has 0 radical (unpaired) electrons. The predicted molar refractivity (Wildman–Crippen MR) is 133 cm³/mol. The molecule has 1 N–H and O–H groups in total. The first-order chi connectivity index (χ1) is 16.6. The number of hydrogen-bond donors (Lipinski definition) is 1. The Morgan fingerprint density at radius 3 is 2.34 bits per heavy atom. The molecule has 0 aliphatic heterocycles. The van der Waals surface area contributed by atoms with Crippen LogP contribution in [-0.2, 0) is 21.2 Å². The zero-order valence-electron chi connectivity index (χ0n) is 19.6. The molecule has 1 aromatic heterocycles. The highest BCUT2D eigenvalue weighted by atomic mass is 32.2. The summed E-state index contributed by atoms with van der Waals surface area (Å²) in [5, 5.41) is 0.725. The second-order valence-corrected chi connectivity index (χ2v) is 10.1. The lowest BCUT2D eigenvalue weighted by Gasteiger charge is -2.19. The number of aryl methyl sites for hydroxylation is 3. The fourth-order valence-corrected chi connectivity index (χ4v) is 4.97. The van der Waals surface area contributed by atoms with Crippen LogP contribution in [0.15, 0.2) is 86.9 Å². The fraction of sp³-hybridized carbons (Fsp3) is 0.185. The molecule has 1 heterocycles. The minimum atomic E-state index is -4.00. The summed E-state index contributed by atoms with van der Waals surface area (Å²) in [4.78, 5) is 25.2. The Kier molecular flexibility index (Phi) is 6.86. The highest BCUT2D eigenvalue weighted by Crippen LogP contribution is 2.28. The number of benzene rings is 3. The average Bonchev–Trinajstić information content (AvgIpc) is 2.81. The molecule has 0 aliphatic rings. The van der Waals surface area contributed by atoms with Crippen LogP contribution in [0.4, 0.5) is 0 Å². The summed E-state index contributed by atoms with van der Waals surface area (Å²) in [5.74, 6) is -0.592. The highest BCUT2D eigenvalue weighted by Gasteiger charge is 2.28. The van der Waals surface area contributed by atoms with Crippen molar-refractivity contribution < 1.29 is 22.4 Å². The number of carbonyl (C=O) groups is 1. The van der Waals surface area contributed by atoms with E-state index in [1.807, 2.05) is 25.1 Å². The van der Waals surface area contributed by atoms with Gasteiger partial charge < -0.3 is 9.15 Å². The molecule has 0 spiro atoms. The van der Waals surface area contributed by atoms with Gasteiger partial charge in [-0.25, -0.2) is 18.0 Å². The Bertz CT molecular complexity index is 1540. The van der Waals surface area contributed by atoms with Crippen LogP contribution in [0.5, 0.6) is 5.75 Å². The van der Waals surface area contributed by atoms with Gasteiger partial charge in [-0.05, 0) is 62.6 Å².